The summed E-state index contributed by atoms with van der Waals surface area (Å²) in [5.41, 5.74) is 25.2. The number of fused-ring (bicyclic) bond motifs is 19. The second-order valence-electron chi connectivity index (χ2n) is 32.0. The number of para-hydroxylation sites is 5. The highest BCUT2D eigenvalue weighted by atomic mass is 32.1. The number of benzene rings is 18. The number of thiophene rings is 2. The first-order chi connectivity index (χ1) is 62.4. The van der Waals surface area contributed by atoms with E-state index in [1.54, 1.807) is 22.7 Å². The summed E-state index contributed by atoms with van der Waals surface area (Å²) in [5.74, 6) is 3.96. The molecule has 126 heavy (non-hydrogen) atoms. The maximum absolute atomic E-state index is 6.54. The van der Waals surface area contributed by atoms with E-state index in [0.717, 1.165) is 88.7 Å². The number of hydrogen-bond donors (Lipinski definition) is 0. The Kier molecular flexibility index (Phi) is 17.1. The molecule has 26 rings (SSSR count). The smallest absolute Gasteiger partial charge is 0.164 e. The van der Waals surface area contributed by atoms with Crippen molar-refractivity contribution in [2.24, 2.45) is 0 Å². The van der Waals surface area contributed by atoms with E-state index >= 15 is 0 Å². The standard InChI is InChI=1S/C63H39N5S.C51H30N4OS/c1-4-14-41(15-5-1)61-64-62(42-16-6-2-7-17-42)66-63(65-61)46-26-32-51-54-38-43(29-35-59(54)69-60(51)39-46)40-24-30-48(31-25-40)68-56-23-13-11-21-50(56)53-37-45(28-34-58(53)68)44-27-33-57-52(36-44)49-20-10-12-22-55(49)67(57)47-18-8-3-9-19-47;1-3-12-31(13-4-1)49-52-50(32-14-5-2-6-15-32)54-51(53-49)35-22-24-38-41-29-34(23-27-45(41)57-46(38)30-35)33-16-11-17-36(28-33)55-42-20-9-7-19-40(42)47-43(55)26-25-39-37-18-8-10-21-44(37)56-48(39)47/h1-39H;1-30H. The molecule has 0 bridgehead atoms. The molecule has 0 aliphatic heterocycles. The molecule has 8 aromatic heterocycles. The van der Waals surface area contributed by atoms with Gasteiger partial charge < -0.3 is 18.1 Å². The van der Waals surface area contributed by atoms with Crippen LogP contribution in [0, 0.1) is 0 Å². The van der Waals surface area contributed by atoms with Gasteiger partial charge in [-0.1, -0.05) is 285 Å². The molecule has 0 amide bonds. The summed E-state index contributed by atoms with van der Waals surface area (Å²) in [5, 5.41) is 14.5. The summed E-state index contributed by atoms with van der Waals surface area (Å²) < 4.78 is 18.6. The van der Waals surface area contributed by atoms with Crippen LogP contribution in [-0.2, 0) is 0 Å². The molecule has 12 heteroatoms. The molecule has 26 aromatic rings. The van der Waals surface area contributed by atoms with Crippen LogP contribution >= 0.6 is 22.7 Å². The van der Waals surface area contributed by atoms with E-state index in [1.807, 2.05) is 127 Å². The minimum atomic E-state index is 0.658. The van der Waals surface area contributed by atoms with Crippen LogP contribution in [0.3, 0.4) is 0 Å². The van der Waals surface area contributed by atoms with Crippen LogP contribution in [0.15, 0.2) is 423 Å². The lowest BCUT2D eigenvalue weighted by Crippen LogP contribution is -1.99. The molecule has 588 valence electrons. The summed E-state index contributed by atoms with van der Waals surface area (Å²) in [6.45, 7) is 0. The minimum absolute atomic E-state index is 0.658. The Balaban J connectivity index is 0.000000140. The number of nitrogens with zero attached hydrogens (tertiary/aromatic N) is 9. The SMILES string of the molecule is c1ccc(-c2nc(-c3ccccc3)nc(-c3ccc4c(c3)sc3ccc(-c5ccc(-n6c7ccccc7c7cc(-c8ccc9c(c8)c8ccccc8n9-c8ccccc8)ccc76)cc5)cc34)n2)cc1.c1ccc(-c2nc(-c3ccccc3)nc(-c3ccc4c(c3)sc3ccc(-c5cccc(-n6c7ccccc7c7c8oc9ccccc9c8ccc76)c5)cc34)n2)cc1. The second-order valence-corrected chi connectivity index (χ2v) is 34.2. The van der Waals surface area contributed by atoms with Gasteiger partial charge in [-0.05, 0) is 167 Å². The van der Waals surface area contributed by atoms with Crippen LogP contribution in [-0.4, -0.2) is 43.6 Å². The first-order valence-corrected chi connectivity index (χ1v) is 43.9. The van der Waals surface area contributed by atoms with Gasteiger partial charge in [0.1, 0.15) is 11.2 Å². The molecule has 0 unspecified atom stereocenters. The Labute approximate surface area is 730 Å². The average Bonchev–Trinajstić information content (AvgIpc) is 1.55. The summed E-state index contributed by atoms with van der Waals surface area (Å²) >= 11 is 3.60. The zero-order valence-corrected chi connectivity index (χ0v) is 69.2. The van der Waals surface area contributed by atoms with Crippen LogP contribution in [0.5, 0.6) is 0 Å². The van der Waals surface area contributed by atoms with Crippen LogP contribution in [0.4, 0.5) is 0 Å². The molecule has 0 radical (unpaired) electrons. The minimum Gasteiger partial charge on any atom is -0.455 e. The van der Waals surface area contributed by atoms with E-state index in [1.165, 1.54) is 123 Å². The summed E-state index contributed by atoms with van der Waals surface area (Å²) in [4.78, 5) is 29.7. The van der Waals surface area contributed by atoms with Gasteiger partial charge in [0.25, 0.3) is 0 Å². The van der Waals surface area contributed by atoms with Gasteiger partial charge in [0, 0.05) is 128 Å². The van der Waals surface area contributed by atoms with Crippen molar-refractivity contribution in [3.8, 4) is 119 Å². The zero-order valence-electron chi connectivity index (χ0n) is 67.6. The largest absolute Gasteiger partial charge is 0.455 e. The van der Waals surface area contributed by atoms with Crippen LogP contribution in [0.25, 0.3) is 246 Å². The van der Waals surface area contributed by atoms with E-state index in [2.05, 4.69) is 305 Å². The highest BCUT2D eigenvalue weighted by Crippen LogP contribution is 2.46. The Bertz CT molecular complexity index is 8720. The molecule has 0 aliphatic rings. The predicted octanol–water partition coefficient (Wildman–Crippen LogP) is 30.7. The Morgan fingerprint density at radius 1 is 0.175 bits per heavy atom. The molecule has 10 nitrogen and oxygen atoms in total. The highest BCUT2D eigenvalue weighted by Gasteiger charge is 2.24. The lowest BCUT2D eigenvalue weighted by molar-refractivity contribution is 0.673. The van der Waals surface area contributed by atoms with Crippen molar-refractivity contribution in [1.29, 1.82) is 0 Å². The molecule has 0 spiro atoms. The van der Waals surface area contributed by atoms with Crippen molar-refractivity contribution in [1.82, 2.24) is 43.6 Å². The van der Waals surface area contributed by atoms with E-state index in [-0.39, 0.29) is 0 Å². The van der Waals surface area contributed by atoms with E-state index in [9.17, 15) is 0 Å². The number of hydrogen-bond acceptors (Lipinski definition) is 9. The molecule has 18 aromatic carbocycles. The van der Waals surface area contributed by atoms with Crippen molar-refractivity contribution >= 4 is 150 Å². The van der Waals surface area contributed by atoms with Gasteiger partial charge in [-0.3, -0.25) is 0 Å². The molecule has 0 saturated carbocycles. The van der Waals surface area contributed by atoms with Crippen molar-refractivity contribution in [2.45, 2.75) is 0 Å². The molecule has 0 fully saturated rings. The van der Waals surface area contributed by atoms with Crippen LogP contribution in [0.1, 0.15) is 0 Å². The summed E-state index contributed by atoms with van der Waals surface area (Å²) in [6.07, 6.45) is 0. The fourth-order valence-corrected chi connectivity index (χ4v) is 20.9. The Hall–Kier alpha value is -16.4. The van der Waals surface area contributed by atoms with E-state index < -0.39 is 0 Å². The Morgan fingerprint density at radius 3 is 0.992 bits per heavy atom. The van der Waals surface area contributed by atoms with Crippen LogP contribution < -0.4 is 0 Å². The van der Waals surface area contributed by atoms with Gasteiger partial charge in [-0.25, -0.2) is 29.9 Å². The summed E-state index contributed by atoms with van der Waals surface area (Å²) in [7, 11) is 0. The molecular formula is C114H69N9OS2. The molecule has 0 atom stereocenters. The third-order valence-corrected chi connectivity index (χ3v) is 26.9. The number of aromatic nitrogens is 9. The highest BCUT2D eigenvalue weighted by molar-refractivity contribution is 7.26. The monoisotopic (exact) mass is 1640 g/mol. The van der Waals surface area contributed by atoms with Crippen molar-refractivity contribution in [2.75, 3.05) is 0 Å². The third-order valence-electron chi connectivity index (χ3n) is 24.6. The number of rotatable bonds is 12. The molecule has 0 aliphatic carbocycles. The molecule has 0 saturated heterocycles. The predicted molar refractivity (Wildman–Crippen MR) is 525 cm³/mol. The number of furan rings is 1. The van der Waals surface area contributed by atoms with Crippen molar-refractivity contribution in [3.63, 3.8) is 0 Å². The van der Waals surface area contributed by atoms with E-state index in [0.29, 0.717) is 34.9 Å². The fraction of sp³-hybridized carbons (Fsp3) is 0. The fourth-order valence-electron chi connectivity index (χ4n) is 18.6. The third kappa shape index (κ3) is 12.4. The Morgan fingerprint density at radius 2 is 0.500 bits per heavy atom. The van der Waals surface area contributed by atoms with E-state index in [4.69, 9.17) is 34.3 Å². The normalized spacial score (nSPS) is 11.8. The molecular weight excluding hydrogens is 1580 g/mol. The first kappa shape index (κ1) is 72.4. The van der Waals surface area contributed by atoms with Gasteiger partial charge in [0.05, 0.1) is 38.5 Å². The van der Waals surface area contributed by atoms with Gasteiger partial charge in [0.15, 0.2) is 34.9 Å². The second kappa shape index (κ2) is 29.8. The average molecular weight is 1650 g/mol. The molecule has 8 heterocycles. The summed E-state index contributed by atoms with van der Waals surface area (Å²) in [6, 6.07) is 149. The zero-order chi connectivity index (χ0) is 82.9. The maximum Gasteiger partial charge on any atom is 0.164 e. The quantitative estimate of drug-likeness (QED) is 0.120. The van der Waals surface area contributed by atoms with Gasteiger partial charge >= 0.3 is 0 Å². The first-order valence-electron chi connectivity index (χ1n) is 42.3. The van der Waals surface area contributed by atoms with Gasteiger partial charge in [-0.15, -0.1) is 22.7 Å². The van der Waals surface area contributed by atoms with Gasteiger partial charge in [0.2, 0.25) is 0 Å². The lowest BCUT2D eigenvalue weighted by atomic mass is 10.0. The lowest BCUT2D eigenvalue weighted by Gasteiger charge is -2.10. The van der Waals surface area contributed by atoms with Gasteiger partial charge in [-0.2, -0.15) is 0 Å². The topological polar surface area (TPSA) is 105 Å². The van der Waals surface area contributed by atoms with Crippen molar-refractivity contribution in [3.05, 3.63) is 419 Å². The maximum atomic E-state index is 6.54. The van der Waals surface area contributed by atoms with Crippen LogP contribution in [0.2, 0.25) is 0 Å². The van der Waals surface area contributed by atoms with Crippen molar-refractivity contribution < 1.29 is 4.42 Å². The molecule has 0 N–H and O–H groups in total.